The van der Waals surface area contributed by atoms with Crippen molar-refractivity contribution in [2.24, 2.45) is 11.7 Å². The van der Waals surface area contributed by atoms with E-state index in [2.05, 4.69) is 12.1 Å². The standard InChI is InChI=1S/C13H18ClNO/c14-12-3-1-10(2-4-12)13(9-15)11-5-7-16-8-6-11/h1-4,11,13H,5-9,15H2/t13-/m0/s1. The van der Waals surface area contributed by atoms with E-state index in [1.807, 2.05) is 12.1 Å². The maximum absolute atomic E-state index is 5.90. The highest BCUT2D eigenvalue weighted by Gasteiger charge is 2.24. The molecular weight excluding hydrogens is 222 g/mol. The molecule has 1 saturated heterocycles. The molecule has 0 aliphatic carbocycles. The molecule has 0 radical (unpaired) electrons. The Morgan fingerprint density at radius 1 is 1.25 bits per heavy atom. The lowest BCUT2D eigenvalue weighted by molar-refractivity contribution is 0.0586. The molecule has 88 valence electrons. The quantitative estimate of drug-likeness (QED) is 0.881. The zero-order valence-electron chi connectivity index (χ0n) is 9.36. The molecular formula is C13H18ClNO. The van der Waals surface area contributed by atoms with Gasteiger partial charge in [0, 0.05) is 18.2 Å². The lowest BCUT2D eigenvalue weighted by Gasteiger charge is -2.29. The van der Waals surface area contributed by atoms with Gasteiger partial charge >= 0.3 is 0 Å². The van der Waals surface area contributed by atoms with Crippen LogP contribution in [0.3, 0.4) is 0 Å². The third kappa shape index (κ3) is 2.76. The van der Waals surface area contributed by atoms with Crippen molar-refractivity contribution in [1.82, 2.24) is 0 Å². The van der Waals surface area contributed by atoms with Crippen molar-refractivity contribution in [1.29, 1.82) is 0 Å². The Balaban J connectivity index is 2.11. The fourth-order valence-electron chi connectivity index (χ4n) is 2.43. The smallest absolute Gasteiger partial charge is 0.0468 e. The molecule has 0 bridgehead atoms. The van der Waals surface area contributed by atoms with E-state index in [0.717, 1.165) is 31.1 Å². The average Bonchev–Trinajstić information content (AvgIpc) is 2.34. The molecule has 3 heteroatoms. The van der Waals surface area contributed by atoms with Gasteiger partial charge in [-0.25, -0.2) is 0 Å². The summed E-state index contributed by atoms with van der Waals surface area (Å²) in [5.74, 6) is 1.10. The first kappa shape index (κ1) is 11.9. The van der Waals surface area contributed by atoms with E-state index in [0.29, 0.717) is 18.4 Å². The van der Waals surface area contributed by atoms with Crippen LogP contribution in [-0.4, -0.2) is 19.8 Å². The molecule has 1 heterocycles. The summed E-state index contributed by atoms with van der Waals surface area (Å²) in [6.45, 7) is 2.44. The van der Waals surface area contributed by atoms with Crippen molar-refractivity contribution in [2.75, 3.05) is 19.8 Å². The van der Waals surface area contributed by atoms with E-state index in [4.69, 9.17) is 22.1 Å². The minimum atomic E-state index is 0.446. The van der Waals surface area contributed by atoms with Crippen LogP contribution in [0.15, 0.2) is 24.3 Å². The van der Waals surface area contributed by atoms with Crippen LogP contribution >= 0.6 is 11.6 Å². The average molecular weight is 240 g/mol. The van der Waals surface area contributed by atoms with E-state index in [1.165, 1.54) is 5.56 Å². The van der Waals surface area contributed by atoms with Crippen LogP contribution in [0.5, 0.6) is 0 Å². The van der Waals surface area contributed by atoms with Crippen LogP contribution in [0.25, 0.3) is 0 Å². The Kier molecular flexibility index (Phi) is 4.22. The van der Waals surface area contributed by atoms with Crippen LogP contribution in [-0.2, 0) is 4.74 Å². The summed E-state index contributed by atoms with van der Waals surface area (Å²) < 4.78 is 5.39. The van der Waals surface area contributed by atoms with Gasteiger partial charge in [0.2, 0.25) is 0 Å². The summed E-state index contributed by atoms with van der Waals surface area (Å²) in [5.41, 5.74) is 7.20. The Labute approximate surface area is 102 Å². The Morgan fingerprint density at radius 2 is 1.88 bits per heavy atom. The SMILES string of the molecule is NC[C@@H](c1ccc(Cl)cc1)C1CCOCC1. The summed E-state index contributed by atoms with van der Waals surface area (Å²) in [6.07, 6.45) is 2.23. The molecule has 0 saturated carbocycles. The molecule has 1 aliphatic heterocycles. The van der Waals surface area contributed by atoms with Gasteiger partial charge in [0.05, 0.1) is 0 Å². The number of rotatable bonds is 3. The van der Waals surface area contributed by atoms with E-state index in [-0.39, 0.29) is 0 Å². The van der Waals surface area contributed by atoms with Crippen molar-refractivity contribution in [2.45, 2.75) is 18.8 Å². The lowest BCUT2D eigenvalue weighted by Crippen LogP contribution is -2.27. The summed E-state index contributed by atoms with van der Waals surface area (Å²) in [4.78, 5) is 0. The molecule has 1 atom stereocenters. The second-order valence-electron chi connectivity index (χ2n) is 4.34. The van der Waals surface area contributed by atoms with Gasteiger partial charge in [0.15, 0.2) is 0 Å². The van der Waals surface area contributed by atoms with Gasteiger partial charge in [-0.05, 0) is 48.9 Å². The van der Waals surface area contributed by atoms with E-state index in [9.17, 15) is 0 Å². The third-order valence-corrected chi connectivity index (χ3v) is 3.64. The minimum absolute atomic E-state index is 0.446. The molecule has 0 spiro atoms. The van der Waals surface area contributed by atoms with E-state index in [1.54, 1.807) is 0 Å². The second kappa shape index (κ2) is 5.67. The highest BCUT2D eigenvalue weighted by atomic mass is 35.5. The Bertz CT molecular complexity index is 319. The van der Waals surface area contributed by atoms with Gasteiger partial charge in [-0.2, -0.15) is 0 Å². The number of nitrogens with two attached hydrogens (primary N) is 1. The molecule has 1 aromatic rings. The van der Waals surface area contributed by atoms with Gasteiger partial charge in [0.1, 0.15) is 0 Å². The first-order valence-corrected chi connectivity index (χ1v) is 6.22. The summed E-state index contributed by atoms with van der Waals surface area (Å²) in [5, 5.41) is 0.784. The highest BCUT2D eigenvalue weighted by molar-refractivity contribution is 6.30. The van der Waals surface area contributed by atoms with Crippen LogP contribution < -0.4 is 5.73 Å². The molecule has 0 aromatic heterocycles. The summed E-state index contributed by atoms with van der Waals surface area (Å²) in [6, 6.07) is 8.07. The molecule has 2 N–H and O–H groups in total. The van der Waals surface area contributed by atoms with Crippen LogP contribution in [0, 0.1) is 5.92 Å². The lowest BCUT2D eigenvalue weighted by atomic mass is 9.81. The monoisotopic (exact) mass is 239 g/mol. The third-order valence-electron chi connectivity index (χ3n) is 3.39. The topological polar surface area (TPSA) is 35.2 Å². The normalized spacial score (nSPS) is 19.6. The fraction of sp³-hybridized carbons (Fsp3) is 0.538. The molecule has 1 fully saturated rings. The zero-order chi connectivity index (χ0) is 11.4. The van der Waals surface area contributed by atoms with Gasteiger partial charge < -0.3 is 10.5 Å². The maximum atomic E-state index is 5.90. The molecule has 1 aliphatic rings. The van der Waals surface area contributed by atoms with Gasteiger partial charge in [-0.3, -0.25) is 0 Å². The predicted octanol–water partition coefficient (Wildman–Crippen LogP) is 2.81. The minimum Gasteiger partial charge on any atom is -0.381 e. The number of hydrogen-bond acceptors (Lipinski definition) is 2. The first-order valence-electron chi connectivity index (χ1n) is 5.84. The molecule has 1 aromatic carbocycles. The molecule has 16 heavy (non-hydrogen) atoms. The second-order valence-corrected chi connectivity index (χ2v) is 4.78. The van der Waals surface area contributed by atoms with Crippen LogP contribution in [0.1, 0.15) is 24.3 Å². The van der Waals surface area contributed by atoms with Crippen LogP contribution in [0.4, 0.5) is 0 Å². The largest absolute Gasteiger partial charge is 0.381 e. The number of benzene rings is 1. The fourth-order valence-corrected chi connectivity index (χ4v) is 2.55. The number of ether oxygens (including phenoxy) is 1. The van der Waals surface area contributed by atoms with Crippen molar-refractivity contribution < 1.29 is 4.74 Å². The molecule has 0 amide bonds. The van der Waals surface area contributed by atoms with Crippen LogP contribution in [0.2, 0.25) is 5.02 Å². The molecule has 2 rings (SSSR count). The van der Waals surface area contributed by atoms with Gasteiger partial charge in [0.25, 0.3) is 0 Å². The number of halogens is 1. The van der Waals surface area contributed by atoms with E-state index >= 15 is 0 Å². The molecule has 0 unspecified atom stereocenters. The summed E-state index contributed by atoms with van der Waals surface area (Å²) in [7, 11) is 0. The Hall–Kier alpha value is -0.570. The van der Waals surface area contributed by atoms with Crippen molar-refractivity contribution in [3.63, 3.8) is 0 Å². The van der Waals surface area contributed by atoms with Gasteiger partial charge in [-0.1, -0.05) is 23.7 Å². The zero-order valence-corrected chi connectivity index (χ0v) is 10.1. The maximum Gasteiger partial charge on any atom is 0.0468 e. The van der Waals surface area contributed by atoms with Gasteiger partial charge in [-0.15, -0.1) is 0 Å². The Morgan fingerprint density at radius 3 is 2.44 bits per heavy atom. The molecule has 2 nitrogen and oxygen atoms in total. The van der Waals surface area contributed by atoms with Crippen molar-refractivity contribution in [3.05, 3.63) is 34.9 Å². The number of hydrogen-bond donors (Lipinski definition) is 1. The predicted molar refractivity (Wildman–Crippen MR) is 66.8 cm³/mol. The summed E-state index contributed by atoms with van der Waals surface area (Å²) >= 11 is 5.89. The van der Waals surface area contributed by atoms with E-state index < -0.39 is 0 Å². The van der Waals surface area contributed by atoms with Crippen molar-refractivity contribution >= 4 is 11.6 Å². The van der Waals surface area contributed by atoms with Crippen molar-refractivity contribution in [3.8, 4) is 0 Å². The first-order chi connectivity index (χ1) is 7.81. The highest BCUT2D eigenvalue weighted by Crippen LogP contribution is 2.31.